The van der Waals surface area contributed by atoms with Gasteiger partial charge in [-0.15, -0.1) is 0 Å². The number of ether oxygens (including phenoxy) is 2. The summed E-state index contributed by atoms with van der Waals surface area (Å²) in [7, 11) is 2.71. The number of pyridine rings is 1. The van der Waals surface area contributed by atoms with Gasteiger partial charge in [0.25, 0.3) is 0 Å². The van der Waals surface area contributed by atoms with E-state index in [0.29, 0.717) is 25.1 Å². The molecule has 24 heavy (non-hydrogen) atoms. The van der Waals surface area contributed by atoms with Gasteiger partial charge in [-0.25, -0.2) is 0 Å². The molecule has 0 amide bonds. The van der Waals surface area contributed by atoms with Crippen LogP contribution in [-0.2, 0) is 19.1 Å². The van der Waals surface area contributed by atoms with E-state index in [1.807, 2.05) is 12.1 Å². The second-order valence-corrected chi connectivity index (χ2v) is 6.03. The first kappa shape index (κ1) is 18.4. The van der Waals surface area contributed by atoms with Crippen LogP contribution in [0.1, 0.15) is 37.4 Å². The van der Waals surface area contributed by atoms with Crippen LogP contribution in [0.15, 0.2) is 24.4 Å². The largest absolute Gasteiger partial charge is 0.469 e. The molecule has 2 rings (SSSR count). The number of aromatic nitrogens is 1. The van der Waals surface area contributed by atoms with Crippen LogP contribution in [0, 0.1) is 5.92 Å². The zero-order valence-corrected chi connectivity index (χ0v) is 14.2. The maximum Gasteiger partial charge on any atom is 0.326 e. The van der Waals surface area contributed by atoms with Gasteiger partial charge in [0.15, 0.2) is 0 Å². The Bertz CT molecular complexity index is 566. The average Bonchev–Trinajstić information content (AvgIpc) is 3.02. The van der Waals surface area contributed by atoms with Gasteiger partial charge in [0.2, 0.25) is 0 Å². The summed E-state index contributed by atoms with van der Waals surface area (Å²) < 4.78 is 9.95. The molecule has 3 N–H and O–H groups in total. The number of nitrogens with two attached hydrogens (primary N) is 1. The fraction of sp³-hybridized carbons (Fsp3) is 0.588. The molecule has 7 nitrogen and oxygen atoms in total. The van der Waals surface area contributed by atoms with Crippen molar-refractivity contribution in [2.24, 2.45) is 11.7 Å². The summed E-state index contributed by atoms with van der Waals surface area (Å²) in [4.78, 5) is 29.1. The van der Waals surface area contributed by atoms with Gasteiger partial charge in [-0.1, -0.05) is 6.07 Å². The highest BCUT2D eigenvalue weighted by Gasteiger charge is 2.53. The van der Waals surface area contributed by atoms with Gasteiger partial charge in [0.1, 0.15) is 5.54 Å². The van der Waals surface area contributed by atoms with Gasteiger partial charge in [0.05, 0.1) is 31.9 Å². The lowest BCUT2D eigenvalue weighted by Crippen LogP contribution is -2.49. The van der Waals surface area contributed by atoms with E-state index in [4.69, 9.17) is 15.2 Å². The minimum absolute atomic E-state index is 0.318. The molecule has 0 spiro atoms. The zero-order chi connectivity index (χ0) is 17.6. The van der Waals surface area contributed by atoms with Gasteiger partial charge in [-0.2, -0.15) is 0 Å². The molecule has 0 saturated carbocycles. The lowest BCUT2D eigenvalue weighted by Gasteiger charge is -2.27. The van der Waals surface area contributed by atoms with Gasteiger partial charge in [-0.05, 0) is 44.4 Å². The molecule has 1 aliphatic heterocycles. The normalized spacial score (nSPS) is 26.1. The third-order valence-electron chi connectivity index (χ3n) is 4.55. The summed E-state index contributed by atoms with van der Waals surface area (Å²) in [6, 6.07) is 5.10. The van der Waals surface area contributed by atoms with Crippen LogP contribution >= 0.6 is 0 Å². The first-order chi connectivity index (χ1) is 11.6. The van der Waals surface area contributed by atoms with Crippen molar-refractivity contribution in [2.45, 2.75) is 37.3 Å². The number of nitrogens with one attached hydrogen (secondary N) is 1. The summed E-state index contributed by atoms with van der Waals surface area (Å²) in [6.45, 7) is 0.557. The fourth-order valence-corrected chi connectivity index (χ4v) is 3.35. The summed E-state index contributed by atoms with van der Waals surface area (Å²) in [5, 5.41) is 3.32. The molecule has 2 heterocycles. The van der Waals surface area contributed by atoms with E-state index in [9.17, 15) is 9.59 Å². The third kappa shape index (κ3) is 3.73. The Morgan fingerprint density at radius 1 is 1.33 bits per heavy atom. The van der Waals surface area contributed by atoms with E-state index < -0.39 is 17.5 Å². The minimum atomic E-state index is -0.926. The SMILES string of the molecule is COC(=O)[C@@H]1C[C@](CCCCN)(C(=O)OC)N[C@@H]1c1ccccn1. The molecule has 0 bridgehead atoms. The number of methoxy groups -OCH3 is 2. The number of unbranched alkanes of at least 4 members (excludes halogenated alkanes) is 1. The molecule has 7 heteroatoms. The Balaban J connectivity index is 2.33. The monoisotopic (exact) mass is 335 g/mol. The molecule has 1 aliphatic rings. The van der Waals surface area contributed by atoms with E-state index in [1.165, 1.54) is 14.2 Å². The maximum absolute atomic E-state index is 12.5. The minimum Gasteiger partial charge on any atom is -0.469 e. The number of hydrogen-bond donors (Lipinski definition) is 2. The summed E-state index contributed by atoms with van der Waals surface area (Å²) in [5.74, 6) is -1.23. The van der Waals surface area contributed by atoms with E-state index >= 15 is 0 Å². The number of hydrogen-bond acceptors (Lipinski definition) is 7. The highest BCUT2D eigenvalue weighted by Crippen LogP contribution is 2.41. The second-order valence-electron chi connectivity index (χ2n) is 6.03. The Morgan fingerprint density at radius 3 is 2.71 bits per heavy atom. The fourth-order valence-electron chi connectivity index (χ4n) is 3.35. The molecule has 1 aromatic heterocycles. The van der Waals surface area contributed by atoms with E-state index in [-0.39, 0.29) is 11.9 Å². The van der Waals surface area contributed by atoms with Gasteiger partial charge in [-0.3, -0.25) is 19.9 Å². The highest BCUT2D eigenvalue weighted by atomic mass is 16.5. The van der Waals surface area contributed by atoms with Gasteiger partial charge < -0.3 is 15.2 Å². The van der Waals surface area contributed by atoms with Crippen LogP contribution < -0.4 is 11.1 Å². The molecule has 1 aromatic rings. The number of rotatable bonds is 7. The van der Waals surface area contributed by atoms with Gasteiger partial charge in [0, 0.05) is 6.20 Å². The summed E-state index contributed by atoms with van der Waals surface area (Å²) in [6.07, 6.45) is 4.10. The van der Waals surface area contributed by atoms with Crippen LogP contribution in [0.3, 0.4) is 0 Å². The predicted octanol–water partition coefficient (Wildman–Crippen LogP) is 0.946. The quantitative estimate of drug-likeness (QED) is 0.564. The van der Waals surface area contributed by atoms with E-state index in [1.54, 1.807) is 12.3 Å². The highest BCUT2D eigenvalue weighted by molar-refractivity contribution is 5.84. The van der Waals surface area contributed by atoms with E-state index in [0.717, 1.165) is 12.8 Å². The zero-order valence-electron chi connectivity index (χ0n) is 14.2. The van der Waals surface area contributed by atoms with Gasteiger partial charge >= 0.3 is 11.9 Å². The summed E-state index contributed by atoms with van der Waals surface area (Å²) >= 11 is 0. The molecular formula is C17H25N3O4. The Kier molecular flexibility index (Phi) is 6.28. The molecule has 1 fully saturated rings. The number of nitrogens with zero attached hydrogens (tertiary/aromatic N) is 1. The Labute approximate surface area is 141 Å². The van der Waals surface area contributed by atoms with Crippen LogP contribution in [-0.4, -0.2) is 43.2 Å². The number of carbonyl (C=O) groups is 2. The van der Waals surface area contributed by atoms with Crippen molar-refractivity contribution < 1.29 is 19.1 Å². The van der Waals surface area contributed by atoms with Crippen molar-refractivity contribution in [2.75, 3.05) is 20.8 Å². The maximum atomic E-state index is 12.5. The standard InChI is InChI=1S/C17H25N3O4/c1-23-15(21)12-11-17(16(22)24-2,8-4-5-9-18)20-14(12)13-7-3-6-10-19-13/h3,6-7,10,12,14,20H,4-5,8-9,11,18H2,1-2H3/t12-,14+,17-/m1/s1. The molecule has 1 saturated heterocycles. The van der Waals surface area contributed by atoms with Crippen molar-refractivity contribution in [3.05, 3.63) is 30.1 Å². The predicted molar refractivity (Wildman–Crippen MR) is 87.9 cm³/mol. The van der Waals surface area contributed by atoms with Crippen molar-refractivity contribution in [3.8, 4) is 0 Å². The third-order valence-corrected chi connectivity index (χ3v) is 4.55. The number of esters is 2. The first-order valence-corrected chi connectivity index (χ1v) is 8.13. The van der Waals surface area contributed by atoms with Crippen molar-refractivity contribution in [3.63, 3.8) is 0 Å². The second kappa shape index (κ2) is 8.21. The first-order valence-electron chi connectivity index (χ1n) is 8.13. The average molecular weight is 335 g/mol. The van der Waals surface area contributed by atoms with Crippen LogP contribution in [0.2, 0.25) is 0 Å². The van der Waals surface area contributed by atoms with Crippen molar-refractivity contribution in [1.82, 2.24) is 10.3 Å². The van der Waals surface area contributed by atoms with E-state index in [2.05, 4.69) is 10.3 Å². The molecule has 0 aliphatic carbocycles. The molecule has 132 valence electrons. The van der Waals surface area contributed by atoms with Crippen LogP contribution in [0.25, 0.3) is 0 Å². The summed E-state index contributed by atoms with van der Waals surface area (Å²) in [5.41, 5.74) is 5.34. The van der Waals surface area contributed by atoms with Crippen LogP contribution in [0.5, 0.6) is 0 Å². The van der Waals surface area contributed by atoms with Crippen molar-refractivity contribution in [1.29, 1.82) is 0 Å². The Hall–Kier alpha value is -1.99. The molecule has 0 unspecified atom stereocenters. The van der Waals surface area contributed by atoms with Crippen LogP contribution in [0.4, 0.5) is 0 Å². The topological polar surface area (TPSA) is 104 Å². The molecule has 3 atom stereocenters. The number of carbonyl (C=O) groups excluding carboxylic acids is 2. The smallest absolute Gasteiger partial charge is 0.326 e. The lowest BCUT2D eigenvalue weighted by atomic mass is 9.86. The molecule has 0 aromatic carbocycles. The lowest BCUT2D eigenvalue weighted by molar-refractivity contribution is -0.149. The molecule has 0 radical (unpaired) electrons. The molecular weight excluding hydrogens is 310 g/mol. The van der Waals surface area contributed by atoms with Crippen molar-refractivity contribution >= 4 is 11.9 Å². The Morgan fingerprint density at radius 2 is 2.12 bits per heavy atom.